The third-order valence-corrected chi connectivity index (χ3v) is 4.73. The molecule has 0 heterocycles. The first-order valence-corrected chi connectivity index (χ1v) is 10.00. The summed E-state index contributed by atoms with van der Waals surface area (Å²) in [7, 11) is -4.57. The molecule has 3 N–H and O–H groups in total. The summed E-state index contributed by atoms with van der Waals surface area (Å²) < 4.78 is 30.9. The Balaban J connectivity index is 2.40. The van der Waals surface area contributed by atoms with Crippen LogP contribution >= 0.6 is 0 Å². The zero-order valence-electron chi connectivity index (χ0n) is 14.8. The van der Waals surface area contributed by atoms with Crippen molar-refractivity contribution in [2.24, 2.45) is 0 Å². The Morgan fingerprint density at radius 1 is 1.04 bits per heavy atom. The van der Waals surface area contributed by atoms with Gasteiger partial charge in [-0.2, -0.15) is 8.42 Å². The van der Waals surface area contributed by atoms with Crippen molar-refractivity contribution in [2.75, 3.05) is 5.75 Å². The average Bonchev–Trinajstić information content (AvgIpc) is 2.60. The second-order valence-corrected chi connectivity index (χ2v) is 7.56. The second kappa shape index (κ2) is 8.79. The number of aliphatic carboxylic acids is 1. The van der Waals surface area contributed by atoms with E-state index in [1.165, 1.54) is 0 Å². The van der Waals surface area contributed by atoms with E-state index in [2.05, 4.69) is 5.32 Å². The molecule has 0 aliphatic heterocycles. The smallest absolute Gasteiger partial charge is 0.327 e. The van der Waals surface area contributed by atoms with Crippen LogP contribution in [-0.4, -0.2) is 41.7 Å². The van der Waals surface area contributed by atoms with Crippen molar-refractivity contribution < 1.29 is 27.7 Å². The van der Waals surface area contributed by atoms with Gasteiger partial charge in [-0.25, -0.2) is 4.79 Å². The summed E-state index contributed by atoms with van der Waals surface area (Å²) in [6.07, 6.45) is 1.73. The number of hydrogen-bond donors (Lipinski definition) is 3. The molecule has 144 valence electrons. The van der Waals surface area contributed by atoms with E-state index in [0.29, 0.717) is 5.56 Å². The molecule has 2 aromatic carbocycles. The zero-order chi connectivity index (χ0) is 20.0. The maximum Gasteiger partial charge on any atom is 0.327 e. The van der Waals surface area contributed by atoms with E-state index in [9.17, 15) is 18.0 Å². The molecule has 2 rings (SSSR count). The van der Waals surface area contributed by atoms with Gasteiger partial charge < -0.3 is 10.4 Å². The lowest BCUT2D eigenvalue weighted by atomic mass is 9.93. The lowest BCUT2D eigenvalue weighted by Crippen LogP contribution is -2.45. The first-order chi connectivity index (χ1) is 12.7. The molecule has 0 fully saturated rings. The first kappa shape index (κ1) is 20.6. The highest BCUT2D eigenvalue weighted by Crippen LogP contribution is 2.28. The molecule has 7 nitrogen and oxygen atoms in total. The highest BCUT2D eigenvalue weighted by Gasteiger charge is 2.27. The van der Waals surface area contributed by atoms with Crippen LogP contribution in [0.1, 0.15) is 29.3 Å². The Kier molecular flexibility index (Phi) is 6.70. The Morgan fingerprint density at radius 3 is 2.22 bits per heavy atom. The van der Waals surface area contributed by atoms with Crippen molar-refractivity contribution in [2.45, 2.75) is 25.8 Å². The van der Waals surface area contributed by atoms with Crippen LogP contribution in [0.15, 0.2) is 48.5 Å². The van der Waals surface area contributed by atoms with Gasteiger partial charge in [0.05, 0.1) is 0 Å². The molecule has 1 atom stereocenters. The maximum absolute atomic E-state index is 12.7. The zero-order valence-corrected chi connectivity index (χ0v) is 15.6. The van der Waals surface area contributed by atoms with E-state index in [1.807, 2.05) is 31.2 Å². The van der Waals surface area contributed by atoms with Gasteiger partial charge in [-0.15, -0.1) is 0 Å². The lowest BCUT2D eigenvalue weighted by Gasteiger charge is -2.16. The van der Waals surface area contributed by atoms with Gasteiger partial charge in [-0.1, -0.05) is 55.8 Å². The van der Waals surface area contributed by atoms with Gasteiger partial charge >= 0.3 is 5.97 Å². The molecule has 0 aliphatic carbocycles. The van der Waals surface area contributed by atoms with Crippen LogP contribution in [0.3, 0.4) is 0 Å². The van der Waals surface area contributed by atoms with Gasteiger partial charge in [0.1, 0.15) is 11.8 Å². The second-order valence-electron chi connectivity index (χ2n) is 6.07. The molecule has 27 heavy (non-hydrogen) atoms. The molecular weight excluding hydrogens is 370 g/mol. The minimum atomic E-state index is -4.57. The van der Waals surface area contributed by atoms with E-state index in [4.69, 9.17) is 9.66 Å². The van der Waals surface area contributed by atoms with Crippen LogP contribution in [0.25, 0.3) is 11.1 Å². The number of carboxylic acid groups (broad SMARTS) is 1. The van der Waals surface area contributed by atoms with Crippen LogP contribution in [0, 0.1) is 0 Å². The molecule has 0 radical (unpaired) electrons. The summed E-state index contributed by atoms with van der Waals surface area (Å²) in [5, 5.41) is 11.3. The van der Waals surface area contributed by atoms with E-state index in [-0.39, 0.29) is 5.56 Å². The summed E-state index contributed by atoms with van der Waals surface area (Å²) in [4.78, 5) is 23.9. The molecule has 0 aliphatic rings. The molecule has 1 amide bonds. The number of carbonyl (C=O) groups excluding carboxylic acids is 1. The van der Waals surface area contributed by atoms with Crippen molar-refractivity contribution in [3.8, 4) is 11.1 Å². The average molecular weight is 391 g/mol. The summed E-state index contributed by atoms with van der Waals surface area (Å²) in [5.74, 6) is -3.39. The summed E-state index contributed by atoms with van der Waals surface area (Å²) in [5.41, 5.74) is 2.75. The summed E-state index contributed by atoms with van der Waals surface area (Å²) in [6.45, 7) is 2.04. The highest BCUT2D eigenvalue weighted by molar-refractivity contribution is 7.85. The molecule has 1 unspecified atom stereocenters. The van der Waals surface area contributed by atoms with Crippen molar-refractivity contribution >= 4 is 22.0 Å². The number of carboxylic acids is 1. The van der Waals surface area contributed by atoms with Crippen molar-refractivity contribution in [1.29, 1.82) is 0 Å². The van der Waals surface area contributed by atoms with E-state index >= 15 is 0 Å². The maximum atomic E-state index is 12.7. The number of amides is 1. The molecule has 0 saturated carbocycles. The molecule has 0 aromatic heterocycles. The fraction of sp³-hybridized carbons (Fsp3) is 0.263. The number of hydrogen-bond acceptors (Lipinski definition) is 4. The fourth-order valence-corrected chi connectivity index (χ4v) is 3.45. The topological polar surface area (TPSA) is 121 Å². The standard InChI is InChI=1S/C19H21NO6S/c1-2-7-13-8-3-4-9-14(13)15-10-5-6-11-16(15)18(21)20-17(19(22)23)12-27(24,25)26/h3-6,8-11,17H,2,7,12H2,1H3,(H,20,21)(H,22,23)(H,24,25,26). The minimum absolute atomic E-state index is 0.225. The van der Waals surface area contributed by atoms with Crippen LogP contribution in [0.2, 0.25) is 0 Å². The fourth-order valence-electron chi connectivity index (χ4n) is 2.81. The van der Waals surface area contributed by atoms with Gasteiger partial charge in [0.25, 0.3) is 16.0 Å². The van der Waals surface area contributed by atoms with Crippen LogP contribution < -0.4 is 5.32 Å². The van der Waals surface area contributed by atoms with Crippen LogP contribution in [0.4, 0.5) is 0 Å². The largest absolute Gasteiger partial charge is 0.480 e. The Labute approximate surface area is 157 Å². The van der Waals surface area contributed by atoms with Gasteiger partial charge in [-0.3, -0.25) is 9.35 Å². The minimum Gasteiger partial charge on any atom is -0.480 e. The van der Waals surface area contributed by atoms with Crippen LogP contribution in [-0.2, 0) is 21.3 Å². The summed E-state index contributed by atoms with van der Waals surface area (Å²) in [6, 6.07) is 12.5. The number of carbonyl (C=O) groups is 2. The van der Waals surface area contributed by atoms with Crippen LogP contribution in [0.5, 0.6) is 0 Å². The van der Waals surface area contributed by atoms with E-state index < -0.39 is 33.8 Å². The highest BCUT2D eigenvalue weighted by atomic mass is 32.2. The SMILES string of the molecule is CCCc1ccccc1-c1ccccc1C(=O)NC(CS(=O)(=O)O)C(=O)O. The Morgan fingerprint density at radius 2 is 1.63 bits per heavy atom. The first-order valence-electron chi connectivity index (χ1n) is 8.39. The number of aryl methyl sites for hydroxylation is 1. The molecular formula is C19H21NO6S. The molecule has 0 saturated heterocycles. The summed E-state index contributed by atoms with van der Waals surface area (Å²) >= 11 is 0. The van der Waals surface area contributed by atoms with Gasteiger partial charge in [0.2, 0.25) is 0 Å². The predicted octanol–water partition coefficient (Wildman–Crippen LogP) is 2.38. The monoisotopic (exact) mass is 391 g/mol. The molecule has 0 spiro atoms. The molecule has 0 bridgehead atoms. The third-order valence-electron chi connectivity index (χ3n) is 3.98. The third kappa shape index (κ3) is 5.63. The normalized spacial score (nSPS) is 12.4. The Hall–Kier alpha value is -2.71. The number of benzene rings is 2. The van der Waals surface area contributed by atoms with Gasteiger partial charge in [-0.05, 0) is 29.2 Å². The lowest BCUT2D eigenvalue weighted by molar-refractivity contribution is -0.138. The predicted molar refractivity (Wildman–Crippen MR) is 101 cm³/mol. The van der Waals surface area contributed by atoms with Crippen molar-refractivity contribution in [1.82, 2.24) is 5.32 Å². The van der Waals surface area contributed by atoms with E-state index in [0.717, 1.165) is 24.0 Å². The van der Waals surface area contributed by atoms with Crippen molar-refractivity contribution in [3.05, 3.63) is 59.7 Å². The van der Waals surface area contributed by atoms with Gasteiger partial charge in [0.15, 0.2) is 0 Å². The molecule has 2 aromatic rings. The number of rotatable bonds is 8. The van der Waals surface area contributed by atoms with Crippen molar-refractivity contribution in [3.63, 3.8) is 0 Å². The van der Waals surface area contributed by atoms with Gasteiger partial charge in [0, 0.05) is 5.56 Å². The Bertz CT molecular complexity index is 939. The van der Waals surface area contributed by atoms with E-state index in [1.54, 1.807) is 24.3 Å². The molecule has 8 heteroatoms. The quantitative estimate of drug-likeness (QED) is 0.594. The number of nitrogens with one attached hydrogen (secondary N) is 1.